The van der Waals surface area contributed by atoms with Gasteiger partial charge in [-0.1, -0.05) is 275 Å². The van der Waals surface area contributed by atoms with Crippen molar-refractivity contribution in [3.8, 4) is 0 Å². The van der Waals surface area contributed by atoms with Crippen LogP contribution in [0.4, 0.5) is 0 Å². The number of allylic oxidation sites excluding steroid dienone is 5. The summed E-state index contributed by atoms with van der Waals surface area (Å²) in [7, 11) is 0. The smallest absolute Gasteiger partial charge is 0.305 e. The molecule has 0 heterocycles. The molecule has 3 N–H and O–H groups in total. The number of aliphatic hydroxyl groups is 2. The summed E-state index contributed by atoms with van der Waals surface area (Å²) >= 11 is 0. The van der Waals surface area contributed by atoms with E-state index in [1.165, 1.54) is 257 Å². The molecule has 0 bridgehead atoms. The van der Waals surface area contributed by atoms with Crippen molar-refractivity contribution in [1.82, 2.24) is 5.32 Å². The summed E-state index contributed by atoms with van der Waals surface area (Å²) in [5.41, 5.74) is 0. The van der Waals surface area contributed by atoms with Gasteiger partial charge < -0.3 is 20.3 Å². The zero-order chi connectivity index (χ0) is 50.7. The average Bonchev–Trinajstić information content (AvgIpc) is 3.36. The summed E-state index contributed by atoms with van der Waals surface area (Å²) in [6.07, 6.45) is 74.7. The Labute approximate surface area is 436 Å². The molecule has 0 saturated carbocycles. The van der Waals surface area contributed by atoms with Crippen molar-refractivity contribution in [3.63, 3.8) is 0 Å². The molecule has 0 aliphatic heterocycles. The maximum absolute atomic E-state index is 12.5. The molecule has 0 rings (SSSR count). The van der Waals surface area contributed by atoms with Crippen LogP contribution in [0.5, 0.6) is 0 Å². The first-order valence-electron chi connectivity index (χ1n) is 31.3. The molecule has 6 heteroatoms. The van der Waals surface area contributed by atoms with Gasteiger partial charge in [0.05, 0.1) is 25.4 Å². The van der Waals surface area contributed by atoms with Crippen LogP contribution in [0.25, 0.3) is 0 Å². The van der Waals surface area contributed by atoms with Crippen LogP contribution in [0.2, 0.25) is 0 Å². The molecule has 2 atom stereocenters. The van der Waals surface area contributed by atoms with E-state index in [1.807, 2.05) is 6.08 Å². The lowest BCUT2D eigenvalue weighted by atomic mass is 10.0. The van der Waals surface area contributed by atoms with Crippen LogP contribution in [0, 0.1) is 0 Å². The van der Waals surface area contributed by atoms with Gasteiger partial charge in [-0.05, 0) is 83.5 Å². The monoisotopic (exact) mass is 984 g/mol. The normalized spacial score (nSPS) is 12.8. The first kappa shape index (κ1) is 68.1. The maximum atomic E-state index is 12.5. The molecular weight excluding hydrogens is 863 g/mol. The second-order valence-electron chi connectivity index (χ2n) is 21.4. The molecule has 0 aliphatic carbocycles. The van der Waals surface area contributed by atoms with Crippen LogP contribution in [0.3, 0.4) is 0 Å². The molecule has 0 fully saturated rings. The lowest BCUT2D eigenvalue weighted by Gasteiger charge is -2.20. The highest BCUT2D eigenvalue weighted by atomic mass is 16.5. The molecule has 0 aliphatic rings. The molecule has 2 unspecified atom stereocenters. The SMILES string of the molecule is CCCCC/C=C\CCCCCCCC(=O)OCCCCCCCCCCCC/C=C\CCCCCCCCCC(=O)NC(CO)C(O)/C=C/CCCCCCCCCCCCCCCCCCCC. The second-order valence-corrected chi connectivity index (χ2v) is 21.4. The standard InChI is InChI=1S/C64H121NO5/c1-3-5-7-9-11-13-15-17-18-19-20-24-27-30-33-36-40-44-48-52-56-62(67)61(60-66)65-63(68)57-53-49-45-41-37-34-31-28-25-22-21-23-26-29-32-35-39-43-47-51-55-59-70-64(69)58-54-50-46-42-38-16-14-12-10-8-6-4-2/h12,14,22,25,52,56,61-62,66-67H,3-11,13,15-21,23-24,26-51,53-55,57-60H2,1-2H3,(H,65,68)/b14-12-,25-22-,56-52+. The first-order valence-corrected chi connectivity index (χ1v) is 31.3. The number of hydrogen-bond acceptors (Lipinski definition) is 5. The molecule has 0 aromatic heterocycles. The quantitative estimate of drug-likeness (QED) is 0.0321. The first-order chi connectivity index (χ1) is 34.5. The van der Waals surface area contributed by atoms with E-state index in [9.17, 15) is 19.8 Å². The number of carbonyl (C=O) groups excluding carboxylic acids is 2. The van der Waals surface area contributed by atoms with Crippen LogP contribution in [-0.4, -0.2) is 47.4 Å². The van der Waals surface area contributed by atoms with Gasteiger partial charge >= 0.3 is 5.97 Å². The molecular formula is C64H121NO5. The van der Waals surface area contributed by atoms with Crippen LogP contribution >= 0.6 is 0 Å². The highest BCUT2D eigenvalue weighted by molar-refractivity contribution is 5.76. The summed E-state index contributed by atoms with van der Waals surface area (Å²) in [4.78, 5) is 24.5. The predicted octanol–water partition coefficient (Wildman–Crippen LogP) is 19.6. The lowest BCUT2D eigenvalue weighted by Crippen LogP contribution is -2.45. The van der Waals surface area contributed by atoms with Crippen molar-refractivity contribution >= 4 is 11.9 Å². The van der Waals surface area contributed by atoms with Gasteiger partial charge in [0.25, 0.3) is 0 Å². The molecule has 6 nitrogen and oxygen atoms in total. The van der Waals surface area contributed by atoms with Gasteiger partial charge in [0.15, 0.2) is 0 Å². The summed E-state index contributed by atoms with van der Waals surface area (Å²) < 4.78 is 5.46. The zero-order valence-corrected chi connectivity index (χ0v) is 47.0. The molecule has 412 valence electrons. The molecule has 0 radical (unpaired) electrons. The van der Waals surface area contributed by atoms with Gasteiger partial charge in [0.1, 0.15) is 0 Å². The van der Waals surface area contributed by atoms with E-state index in [1.54, 1.807) is 6.08 Å². The number of hydrogen-bond donors (Lipinski definition) is 3. The van der Waals surface area contributed by atoms with Crippen molar-refractivity contribution in [2.24, 2.45) is 0 Å². The summed E-state index contributed by atoms with van der Waals surface area (Å²) in [6.45, 7) is 4.89. The lowest BCUT2D eigenvalue weighted by molar-refractivity contribution is -0.143. The van der Waals surface area contributed by atoms with E-state index in [0.29, 0.717) is 19.4 Å². The number of unbranched alkanes of at least 4 members (excludes halogenated alkanes) is 43. The Balaban J connectivity index is 3.47. The van der Waals surface area contributed by atoms with Crippen molar-refractivity contribution in [3.05, 3.63) is 36.5 Å². The van der Waals surface area contributed by atoms with Crippen LogP contribution < -0.4 is 5.32 Å². The van der Waals surface area contributed by atoms with Gasteiger partial charge in [-0.2, -0.15) is 0 Å². The number of carbonyl (C=O) groups is 2. The van der Waals surface area contributed by atoms with E-state index in [2.05, 4.69) is 43.5 Å². The van der Waals surface area contributed by atoms with Gasteiger partial charge in [-0.25, -0.2) is 0 Å². The predicted molar refractivity (Wildman–Crippen MR) is 306 cm³/mol. The molecule has 0 aromatic rings. The van der Waals surface area contributed by atoms with Crippen molar-refractivity contribution in [2.75, 3.05) is 13.2 Å². The van der Waals surface area contributed by atoms with E-state index in [0.717, 1.165) is 51.4 Å². The van der Waals surface area contributed by atoms with E-state index in [-0.39, 0.29) is 18.5 Å². The summed E-state index contributed by atoms with van der Waals surface area (Å²) in [5, 5.41) is 23.2. The van der Waals surface area contributed by atoms with Gasteiger partial charge in [0.2, 0.25) is 5.91 Å². The van der Waals surface area contributed by atoms with Crippen LogP contribution in [0.1, 0.15) is 335 Å². The Morgan fingerprint density at radius 3 is 1.04 bits per heavy atom. The van der Waals surface area contributed by atoms with Crippen LogP contribution in [-0.2, 0) is 14.3 Å². The molecule has 1 amide bonds. The third-order valence-corrected chi connectivity index (χ3v) is 14.4. The second kappa shape index (κ2) is 59.6. The number of amides is 1. The number of rotatable bonds is 58. The molecule has 0 spiro atoms. The maximum Gasteiger partial charge on any atom is 0.305 e. The fourth-order valence-corrected chi connectivity index (χ4v) is 9.57. The Kier molecular flexibility index (Phi) is 58.0. The number of aliphatic hydroxyl groups excluding tert-OH is 2. The number of esters is 1. The highest BCUT2D eigenvalue weighted by Gasteiger charge is 2.18. The Morgan fingerprint density at radius 1 is 0.386 bits per heavy atom. The Hall–Kier alpha value is -1.92. The number of ether oxygens (including phenoxy) is 1. The minimum Gasteiger partial charge on any atom is -0.466 e. The Morgan fingerprint density at radius 2 is 0.671 bits per heavy atom. The fourth-order valence-electron chi connectivity index (χ4n) is 9.57. The molecule has 70 heavy (non-hydrogen) atoms. The van der Waals surface area contributed by atoms with Gasteiger partial charge in [0, 0.05) is 12.8 Å². The topological polar surface area (TPSA) is 95.9 Å². The average molecular weight is 985 g/mol. The third-order valence-electron chi connectivity index (χ3n) is 14.4. The van der Waals surface area contributed by atoms with Crippen LogP contribution in [0.15, 0.2) is 36.5 Å². The molecule has 0 saturated heterocycles. The number of nitrogens with one attached hydrogen (secondary N) is 1. The van der Waals surface area contributed by atoms with E-state index >= 15 is 0 Å². The highest BCUT2D eigenvalue weighted by Crippen LogP contribution is 2.17. The van der Waals surface area contributed by atoms with Crippen molar-refractivity contribution in [2.45, 2.75) is 347 Å². The minimum atomic E-state index is -0.850. The van der Waals surface area contributed by atoms with Gasteiger partial charge in [-0.3, -0.25) is 9.59 Å². The van der Waals surface area contributed by atoms with Crippen molar-refractivity contribution in [1.29, 1.82) is 0 Å². The zero-order valence-electron chi connectivity index (χ0n) is 47.0. The van der Waals surface area contributed by atoms with E-state index in [4.69, 9.17) is 4.74 Å². The summed E-state index contributed by atoms with van der Waals surface area (Å²) in [5.74, 6) is -0.0760. The van der Waals surface area contributed by atoms with Gasteiger partial charge in [-0.15, -0.1) is 0 Å². The fraction of sp³-hybridized carbons (Fsp3) is 0.875. The van der Waals surface area contributed by atoms with Crippen molar-refractivity contribution < 1.29 is 24.5 Å². The third kappa shape index (κ3) is 55.4. The Bertz CT molecular complexity index is 1130. The largest absolute Gasteiger partial charge is 0.466 e. The minimum absolute atomic E-state index is 0.00247. The molecule has 0 aromatic carbocycles. The van der Waals surface area contributed by atoms with E-state index < -0.39 is 12.1 Å². The summed E-state index contributed by atoms with van der Waals surface area (Å²) in [6, 6.07) is -0.635.